The largest absolute Gasteiger partial charge is 0.328 e. The summed E-state index contributed by atoms with van der Waals surface area (Å²) in [6, 6.07) is 0. The molecule has 2 aromatic rings. The van der Waals surface area contributed by atoms with E-state index in [9.17, 15) is 4.79 Å². The van der Waals surface area contributed by atoms with E-state index in [4.69, 9.17) is 0 Å². The zero-order valence-corrected chi connectivity index (χ0v) is 8.50. The summed E-state index contributed by atoms with van der Waals surface area (Å²) in [4.78, 5) is 14.5. The van der Waals surface area contributed by atoms with Crippen LogP contribution in [0.5, 0.6) is 0 Å². The fourth-order valence-electron chi connectivity index (χ4n) is 1.47. The highest BCUT2D eigenvalue weighted by molar-refractivity contribution is 5.71. The average molecular weight is 204 g/mol. The Morgan fingerprint density at radius 3 is 3.00 bits per heavy atom. The van der Waals surface area contributed by atoms with Crippen molar-refractivity contribution in [1.82, 2.24) is 19.3 Å². The minimum atomic E-state index is 0.610. The molecule has 0 aliphatic carbocycles. The van der Waals surface area contributed by atoms with E-state index in [1.54, 1.807) is 17.2 Å². The van der Waals surface area contributed by atoms with Crippen LogP contribution in [-0.4, -0.2) is 25.6 Å². The summed E-state index contributed by atoms with van der Waals surface area (Å²) in [7, 11) is 1.89. The number of nitrogens with zero attached hydrogens (tertiary/aromatic N) is 4. The van der Waals surface area contributed by atoms with Gasteiger partial charge in [-0.2, -0.15) is 5.10 Å². The molecule has 0 radical (unpaired) electrons. The topological polar surface area (TPSA) is 52.7 Å². The second-order valence-corrected chi connectivity index (χ2v) is 3.40. The van der Waals surface area contributed by atoms with Gasteiger partial charge < -0.3 is 4.57 Å². The molecule has 0 spiro atoms. The van der Waals surface area contributed by atoms with Gasteiger partial charge in [-0.15, -0.1) is 0 Å². The maximum absolute atomic E-state index is 10.6. The molecule has 0 aromatic carbocycles. The van der Waals surface area contributed by atoms with E-state index < -0.39 is 0 Å². The average Bonchev–Trinajstić information content (AvgIpc) is 2.83. The zero-order chi connectivity index (χ0) is 10.7. The van der Waals surface area contributed by atoms with Gasteiger partial charge in [-0.05, 0) is 12.0 Å². The van der Waals surface area contributed by atoms with E-state index in [0.29, 0.717) is 5.69 Å². The molecular weight excluding hydrogens is 192 g/mol. The third-order valence-corrected chi connectivity index (χ3v) is 2.26. The molecule has 2 heterocycles. The van der Waals surface area contributed by atoms with E-state index in [1.165, 1.54) is 0 Å². The SMILES string of the molecule is Cn1cc(CCn2cncc2C=O)cn1. The van der Waals surface area contributed by atoms with Crippen molar-refractivity contribution in [1.29, 1.82) is 0 Å². The quantitative estimate of drug-likeness (QED) is 0.688. The molecule has 0 saturated carbocycles. The predicted molar refractivity (Wildman–Crippen MR) is 54.5 cm³/mol. The summed E-state index contributed by atoms with van der Waals surface area (Å²) in [5.41, 5.74) is 1.77. The van der Waals surface area contributed by atoms with Crippen LogP contribution in [0.4, 0.5) is 0 Å². The van der Waals surface area contributed by atoms with Crippen molar-refractivity contribution in [3.63, 3.8) is 0 Å². The number of hydrogen-bond acceptors (Lipinski definition) is 3. The molecule has 78 valence electrons. The van der Waals surface area contributed by atoms with E-state index >= 15 is 0 Å². The summed E-state index contributed by atoms with van der Waals surface area (Å²) in [5.74, 6) is 0. The highest BCUT2D eigenvalue weighted by Crippen LogP contribution is 2.02. The van der Waals surface area contributed by atoms with Crippen molar-refractivity contribution < 1.29 is 4.79 Å². The first-order valence-electron chi connectivity index (χ1n) is 4.72. The fourth-order valence-corrected chi connectivity index (χ4v) is 1.47. The number of imidazole rings is 1. The maximum atomic E-state index is 10.6. The molecule has 0 unspecified atom stereocenters. The molecule has 0 aliphatic rings. The molecule has 5 nitrogen and oxygen atoms in total. The Kier molecular flexibility index (Phi) is 2.62. The molecule has 2 rings (SSSR count). The number of aldehydes is 1. The highest BCUT2D eigenvalue weighted by atomic mass is 16.1. The van der Waals surface area contributed by atoms with Crippen molar-refractivity contribution in [3.8, 4) is 0 Å². The van der Waals surface area contributed by atoms with E-state index in [0.717, 1.165) is 24.8 Å². The minimum absolute atomic E-state index is 0.610. The van der Waals surface area contributed by atoms with Crippen LogP contribution in [0.15, 0.2) is 24.9 Å². The zero-order valence-electron chi connectivity index (χ0n) is 8.50. The van der Waals surface area contributed by atoms with Gasteiger partial charge in [-0.25, -0.2) is 4.98 Å². The molecule has 0 aliphatic heterocycles. The lowest BCUT2D eigenvalue weighted by molar-refractivity contribution is 0.111. The number of hydrogen-bond donors (Lipinski definition) is 0. The summed E-state index contributed by atoms with van der Waals surface area (Å²) in [5, 5.41) is 4.08. The van der Waals surface area contributed by atoms with Crippen LogP contribution < -0.4 is 0 Å². The van der Waals surface area contributed by atoms with Crippen LogP contribution in [0.25, 0.3) is 0 Å². The first kappa shape index (κ1) is 9.64. The van der Waals surface area contributed by atoms with Gasteiger partial charge in [0.25, 0.3) is 0 Å². The molecule has 0 N–H and O–H groups in total. The van der Waals surface area contributed by atoms with Crippen LogP contribution in [-0.2, 0) is 20.0 Å². The second-order valence-electron chi connectivity index (χ2n) is 3.40. The maximum Gasteiger partial charge on any atom is 0.168 e. The minimum Gasteiger partial charge on any atom is -0.328 e. The predicted octanol–water partition coefficient (Wildman–Crippen LogP) is 0.672. The normalized spacial score (nSPS) is 10.5. The van der Waals surface area contributed by atoms with Crippen LogP contribution in [0.2, 0.25) is 0 Å². The smallest absolute Gasteiger partial charge is 0.168 e. The lowest BCUT2D eigenvalue weighted by Gasteiger charge is -2.01. The Morgan fingerprint density at radius 2 is 2.33 bits per heavy atom. The van der Waals surface area contributed by atoms with Crippen LogP contribution in [0.1, 0.15) is 16.1 Å². The molecule has 0 fully saturated rings. The second kappa shape index (κ2) is 4.08. The van der Waals surface area contributed by atoms with Gasteiger partial charge in [-0.1, -0.05) is 0 Å². The van der Waals surface area contributed by atoms with Gasteiger partial charge in [0.1, 0.15) is 5.69 Å². The molecule has 5 heteroatoms. The van der Waals surface area contributed by atoms with Gasteiger partial charge in [0.05, 0.1) is 18.7 Å². The lowest BCUT2D eigenvalue weighted by atomic mass is 10.2. The van der Waals surface area contributed by atoms with Crippen molar-refractivity contribution >= 4 is 6.29 Å². The Balaban J connectivity index is 2.01. The third kappa shape index (κ3) is 2.12. The van der Waals surface area contributed by atoms with Crippen LogP contribution in [0.3, 0.4) is 0 Å². The van der Waals surface area contributed by atoms with E-state index in [1.807, 2.05) is 24.0 Å². The third-order valence-electron chi connectivity index (χ3n) is 2.26. The van der Waals surface area contributed by atoms with Gasteiger partial charge in [-0.3, -0.25) is 9.48 Å². The molecule has 2 aromatic heterocycles. The van der Waals surface area contributed by atoms with Crippen molar-refractivity contribution in [2.24, 2.45) is 7.05 Å². The summed E-state index contributed by atoms with van der Waals surface area (Å²) < 4.78 is 3.60. The van der Waals surface area contributed by atoms with Crippen molar-refractivity contribution in [2.75, 3.05) is 0 Å². The summed E-state index contributed by atoms with van der Waals surface area (Å²) >= 11 is 0. The number of carbonyl (C=O) groups excluding carboxylic acids is 1. The highest BCUT2D eigenvalue weighted by Gasteiger charge is 2.01. The Hall–Kier alpha value is -1.91. The Labute approximate surface area is 87.4 Å². The van der Waals surface area contributed by atoms with Gasteiger partial charge in [0.15, 0.2) is 6.29 Å². The number of aryl methyl sites for hydroxylation is 3. The van der Waals surface area contributed by atoms with E-state index in [2.05, 4.69) is 10.1 Å². The first-order valence-corrected chi connectivity index (χ1v) is 4.72. The first-order chi connectivity index (χ1) is 7.29. The molecule has 0 saturated heterocycles. The Bertz CT molecular complexity index is 457. The number of carbonyl (C=O) groups is 1. The molecule has 0 bridgehead atoms. The molecule has 0 atom stereocenters. The number of rotatable bonds is 4. The van der Waals surface area contributed by atoms with Gasteiger partial charge in [0, 0.05) is 19.8 Å². The van der Waals surface area contributed by atoms with Crippen molar-refractivity contribution in [2.45, 2.75) is 13.0 Å². The number of aromatic nitrogens is 4. The monoisotopic (exact) mass is 204 g/mol. The van der Waals surface area contributed by atoms with E-state index in [-0.39, 0.29) is 0 Å². The molecule has 0 amide bonds. The molecular formula is C10H12N4O. The summed E-state index contributed by atoms with van der Waals surface area (Å²) in [6.07, 6.45) is 8.70. The summed E-state index contributed by atoms with van der Waals surface area (Å²) in [6.45, 7) is 0.750. The van der Waals surface area contributed by atoms with Crippen LogP contribution >= 0.6 is 0 Å². The standard InChI is InChI=1S/C10H12N4O/c1-13-6-9(4-12-13)2-3-14-8-11-5-10(14)7-15/h4-8H,2-3H2,1H3. The van der Waals surface area contributed by atoms with Crippen LogP contribution in [0, 0.1) is 0 Å². The lowest BCUT2D eigenvalue weighted by Crippen LogP contribution is -2.03. The fraction of sp³-hybridized carbons (Fsp3) is 0.300. The Morgan fingerprint density at radius 1 is 1.47 bits per heavy atom. The van der Waals surface area contributed by atoms with Crippen molar-refractivity contribution in [3.05, 3.63) is 36.2 Å². The van der Waals surface area contributed by atoms with Gasteiger partial charge >= 0.3 is 0 Å². The van der Waals surface area contributed by atoms with Gasteiger partial charge in [0.2, 0.25) is 0 Å². The molecule has 15 heavy (non-hydrogen) atoms.